The van der Waals surface area contributed by atoms with Crippen molar-refractivity contribution in [3.8, 4) is 11.1 Å². The zero-order valence-corrected chi connectivity index (χ0v) is 20.5. The molecule has 0 aromatic heterocycles. The lowest BCUT2D eigenvalue weighted by atomic mass is 9.98. The number of para-hydroxylation sites is 1. The average molecular weight is 507 g/mol. The Morgan fingerprint density at radius 2 is 1.34 bits per heavy atom. The lowest BCUT2D eigenvalue weighted by molar-refractivity contribution is -0.137. The largest absolute Gasteiger partial charge is 0.480 e. The van der Waals surface area contributed by atoms with E-state index in [1.54, 1.807) is 24.3 Å². The van der Waals surface area contributed by atoms with Gasteiger partial charge in [-0.05, 0) is 39.9 Å². The van der Waals surface area contributed by atoms with E-state index in [9.17, 15) is 19.5 Å². The highest BCUT2D eigenvalue weighted by molar-refractivity contribution is 6.03. The number of carboxylic acid groups (broad SMARTS) is 1. The SMILES string of the molecule is O=C(O)CN(Cc1ccccc1)C(=O)c1ccccc1NC(=O)OCC1c2ccccc2-c2ccccc21. The number of hydrogen-bond acceptors (Lipinski definition) is 4. The van der Waals surface area contributed by atoms with E-state index < -0.39 is 24.5 Å². The van der Waals surface area contributed by atoms with Crippen LogP contribution in [0.15, 0.2) is 103 Å². The Bertz CT molecular complexity index is 1440. The van der Waals surface area contributed by atoms with Crippen LogP contribution in [-0.2, 0) is 16.1 Å². The highest BCUT2D eigenvalue weighted by atomic mass is 16.5. The molecule has 2 amide bonds. The molecule has 7 heteroatoms. The Morgan fingerprint density at radius 1 is 0.763 bits per heavy atom. The molecule has 5 rings (SSSR count). The van der Waals surface area contributed by atoms with Crippen molar-refractivity contribution in [1.82, 2.24) is 4.90 Å². The fraction of sp³-hybridized carbons (Fsp3) is 0.129. The van der Waals surface area contributed by atoms with E-state index in [1.807, 2.05) is 66.7 Å². The Morgan fingerprint density at radius 3 is 2.00 bits per heavy atom. The number of carbonyl (C=O) groups is 3. The molecule has 1 aliphatic rings. The molecule has 0 saturated heterocycles. The van der Waals surface area contributed by atoms with Gasteiger partial charge in [0, 0.05) is 12.5 Å². The summed E-state index contributed by atoms with van der Waals surface area (Å²) < 4.78 is 5.63. The van der Waals surface area contributed by atoms with Gasteiger partial charge in [0.2, 0.25) is 0 Å². The standard InChI is InChI=1S/C31H26N2O5/c34-29(35)19-33(18-21-10-2-1-3-11-21)30(36)26-16-8-9-17-28(26)32-31(37)38-20-27-24-14-6-4-12-22(24)23-13-5-7-15-25(23)27/h1-17,27H,18-20H2,(H,32,37)(H,34,35). The van der Waals surface area contributed by atoms with E-state index in [0.29, 0.717) is 0 Å². The van der Waals surface area contributed by atoms with Gasteiger partial charge < -0.3 is 14.7 Å². The molecule has 0 aliphatic heterocycles. The molecule has 0 heterocycles. The molecule has 38 heavy (non-hydrogen) atoms. The maximum absolute atomic E-state index is 13.4. The molecule has 1 aliphatic carbocycles. The second-order valence-corrected chi connectivity index (χ2v) is 9.04. The van der Waals surface area contributed by atoms with Crippen LogP contribution in [0.2, 0.25) is 0 Å². The van der Waals surface area contributed by atoms with E-state index in [0.717, 1.165) is 27.8 Å². The minimum atomic E-state index is -1.13. The predicted octanol–water partition coefficient (Wildman–Crippen LogP) is 5.77. The summed E-state index contributed by atoms with van der Waals surface area (Å²) in [4.78, 5) is 39.0. The number of carbonyl (C=O) groups excluding carboxylic acids is 2. The summed E-state index contributed by atoms with van der Waals surface area (Å²) >= 11 is 0. The lowest BCUT2D eigenvalue weighted by Crippen LogP contribution is -2.35. The average Bonchev–Trinajstić information content (AvgIpc) is 3.25. The number of benzene rings is 4. The quantitative estimate of drug-likeness (QED) is 0.316. The summed E-state index contributed by atoms with van der Waals surface area (Å²) in [5.74, 6) is -1.73. The van der Waals surface area contributed by atoms with Crippen molar-refractivity contribution in [2.24, 2.45) is 0 Å². The van der Waals surface area contributed by atoms with Crippen LogP contribution >= 0.6 is 0 Å². The first-order chi connectivity index (χ1) is 18.5. The maximum atomic E-state index is 13.4. The zero-order chi connectivity index (χ0) is 26.5. The van der Waals surface area contributed by atoms with Gasteiger partial charge in [-0.1, -0.05) is 91.0 Å². The van der Waals surface area contributed by atoms with Crippen LogP contribution in [-0.4, -0.2) is 41.1 Å². The van der Waals surface area contributed by atoms with Crippen LogP contribution in [0.3, 0.4) is 0 Å². The van der Waals surface area contributed by atoms with Gasteiger partial charge in [-0.25, -0.2) is 4.79 Å². The van der Waals surface area contributed by atoms with Crippen LogP contribution in [0.4, 0.5) is 10.5 Å². The zero-order valence-electron chi connectivity index (χ0n) is 20.5. The predicted molar refractivity (Wildman–Crippen MR) is 144 cm³/mol. The van der Waals surface area contributed by atoms with Crippen molar-refractivity contribution in [2.75, 3.05) is 18.5 Å². The van der Waals surface area contributed by atoms with Crippen molar-refractivity contribution in [2.45, 2.75) is 12.5 Å². The molecule has 0 radical (unpaired) electrons. The van der Waals surface area contributed by atoms with Crippen molar-refractivity contribution < 1.29 is 24.2 Å². The Balaban J connectivity index is 1.31. The molecule has 4 aromatic rings. The summed E-state index contributed by atoms with van der Waals surface area (Å²) in [6, 6.07) is 31.8. The number of nitrogens with one attached hydrogen (secondary N) is 1. The lowest BCUT2D eigenvalue weighted by Gasteiger charge is -2.22. The second-order valence-electron chi connectivity index (χ2n) is 9.04. The van der Waals surface area contributed by atoms with Crippen molar-refractivity contribution in [1.29, 1.82) is 0 Å². The van der Waals surface area contributed by atoms with Gasteiger partial charge in [0.05, 0.1) is 11.3 Å². The molecular formula is C31H26N2O5. The third kappa shape index (κ3) is 5.27. The van der Waals surface area contributed by atoms with Crippen LogP contribution in [0.25, 0.3) is 11.1 Å². The number of hydrogen-bond donors (Lipinski definition) is 2. The fourth-order valence-corrected chi connectivity index (χ4v) is 4.86. The van der Waals surface area contributed by atoms with E-state index >= 15 is 0 Å². The molecule has 7 nitrogen and oxygen atoms in total. The molecule has 4 aromatic carbocycles. The van der Waals surface area contributed by atoms with Gasteiger partial charge in [-0.2, -0.15) is 0 Å². The molecule has 0 atom stereocenters. The molecule has 0 bridgehead atoms. The van der Waals surface area contributed by atoms with Crippen molar-refractivity contribution in [3.05, 3.63) is 125 Å². The van der Waals surface area contributed by atoms with Gasteiger partial charge in [-0.3, -0.25) is 14.9 Å². The number of nitrogens with zero attached hydrogens (tertiary/aromatic N) is 1. The summed E-state index contributed by atoms with van der Waals surface area (Å²) in [5.41, 5.74) is 5.68. The van der Waals surface area contributed by atoms with E-state index in [-0.39, 0.29) is 30.3 Å². The number of fused-ring (bicyclic) bond motifs is 3. The van der Waals surface area contributed by atoms with Crippen LogP contribution in [0.5, 0.6) is 0 Å². The van der Waals surface area contributed by atoms with Crippen LogP contribution in [0, 0.1) is 0 Å². The first-order valence-electron chi connectivity index (χ1n) is 12.3. The summed E-state index contributed by atoms with van der Waals surface area (Å²) in [5, 5.41) is 12.1. The first-order valence-corrected chi connectivity index (χ1v) is 12.3. The minimum absolute atomic E-state index is 0.0954. The maximum Gasteiger partial charge on any atom is 0.411 e. The monoisotopic (exact) mass is 506 g/mol. The molecule has 0 saturated carbocycles. The Labute approximate surface area is 220 Å². The van der Waals surface area contributed by atoms with E-state index in [4.69, 9.17) is 4.74 Å². The van der Waals surface area contributed by atoms with Gasteiger partial charge in [-0.15, -0.1) is 0 Å². The molecule has 190 valence electrons. The number of aliphatic carboxylic acids is 1. The van der Waals surface area contributed by atoms with Crippen LogP contribution in [0.1, 0.15) is 33.0 Å². The molecule has 0 fully saturated rings. The number of anilines is 1. The third-order valence-corrected chi connectivity index (χ3v) is 6.57. The van der Waals surface area contributed by atoms with E-state index in [1.165, 1.54) is 4.90 Å². The topological polar surface area (TPSA) is 95.9 Å². The van der Waals surface area contributed by atoms with Crippen molar-refractivity contribution >= 4 is 23.7 Å². The molecule has 0 unspecified atom stereocenters. The fourth-order valence-electron chi connectivity index (χ4n) is 4.86. The van der Waals surface area contributed by atoms with E-state index in [2.05, 4.69) is 17.4 Å². The highest BCUT2D eigenvalue weighted by Gasteiger charge is 2.29. The summed E-state index contributed by atoms with van der Waals surface area (Å²) in [7, 11) is 0. The Kier molecular flexibility index (Phi) is 7.17. The van der Waals surface area contributed by atoms with Crippen LogP contribution < -0.4 is 5.32 Å². The number of carboxylic acids is 1. The first kappa shape index (κ1) is 24.8. The molecule has 2 N–H and O–H groups in total. The smallest absolute Gasteiger partial charge is 0.411 e. The highest BCUT2D eigenvalue weighted by Crippen LogP contribution is 2.44. The third-order valence-electron chi connectivity index (χ3n) is 6.57. The number of amides is 2. The molecule has 0 spiro atoms. The van der Waals surface area contributed by atoms with Gasteiger partial charge in [0.1, 0.15) is 13.2 Å². The second kappa shape index (κ2) is 11.0. The normalized spacial score (nSPS) is 11.8. The number of ether oxygens (including phenoxy) is 1. The summed E-state index contributed by atoms with van der Waals surface area (Å²) in [6.07, 6.45) is -0.694. The van der Waals surface area contributed by atoms with Gasteiger partial charge >= 0.3 is 12.1 Å². The summed E-state index contributed by atoms with van der Waals surface area (Å²) in [6.45, 7) is -0.229. The van der Waals surface area contributed by atoms with Gasteiger partial charge in [0.15, 0.2) is 0 Å². The Hall–Kier alpha value is -4.91. The number of rotatable bonds is 8. The van der Waals surface area contributed by atoms with Crippen molar-refractivity contribution in [3.63, 3.8) is 0 Å². The molecular weight excluding hydrogens is 480 g/mol. The van der Waals surface area contributed by atoms with Gasteiger partial charge in [0.25, 0.3) is 5.91 Å². The minimum Gasteiger partial charge on any atom is -0.480 e.